The van der Waals surface area contributed by atoms with Crippen LogP contribution in [-0.4, -0.2) is 23.8 Å². The number of rotatable bonds is 2. The molecule has 2 nitrogen and oxygen atoms in total. The van der Waals surface area contributed by atoms with Crippen molar-refractivity contribution >= 4 is 0 Å². The number of halogens is 1. The molecule has 0 saturated carbocycles. The first-order valence-corrected chi connectivity index (χ1v) is 5.24. The summed E-state index contributed by atoms with van der Waals surface area (Å²) in [4.78, 5) is 0. The minimum atomic E-state index is -0.199. The van der Waals surface area contributed by atoms with E-state index >= 15 is 0 Å². The fourth-order valence-corrected chi connectivity index (χ4v) is 2.15. The molecule has 2 atom stereocenters. The average molecular weight is 209 g/mol. The van der Waals surface area contributed by atoms with Crippen molar-refractivity contribution in [1.82, 2.24) is 5.32 Å². The van der Waals surface area contributed by atoms with Crippen LogP contribution in [0.1, 0.15) is 24.8 Å². The molecule has 82 valence electrons. The second-order valence-electron chi connectivity index (χ2n) is 4.55. The third-order valence-electron chi connectivity index (χ3n) is 3.16. The number of benzene rings is 1. The van der Waals surface area contributed by atoms with E-state index in [1.54, 1.807) is 0 Å². The predicted octanol–water partition coefficient (Wildman–Crippen LogP) is 1.65. The Labute approximate surface area is 89.1 Å². The SMILES string of the molecule is CC1(CO)CC(c2ccc(F)cc2)CN1. The van der Waals surface area contributed by atoms with E-state index in [1.165, 1.54) is 12.1 Å². The number of aliphatic hydroxyl groups excluding tert-OH is 1. The minimum Gasteiger partial charge on any atom is -0.394 e. The molecule has 2 rings (SSSR count). The van der Waals surface area contributed by atoms with Crippen molar-refractivity contribution in [2.75, 3.05) is 13.2 Å². The molecule has 3 heteroatoms. The molecule has 0 bridgehead atoms. The Bertz CT molecular complexity index is 338. The minimum absolute atomic E-state index is 0.144. The Balaban J connectivity index is 2.11. The summed E-state index contributed by atoms with van der Waals surface area (Å²) in [5.74, 6) is 0.178. The lowest BCUT2D eigenvalue weighted by Gasteiger charge is -2.21. The van der Waals surface area contributed by atoms with E-state index in [0.717, 1.165) is 18.5 Å². The summed E-state index contributed by atoms with van der Waals surface area (Å²) in [6.45, 7) is 3.00. The lowest BCUT2D eigenvalue weighted by atomic mass is 9.91. The van der Waals surface area contributed by atoms with E-state index in [0.29, 0.717) is 5.92 Å². The quantitative estimate of drug-likeness (QED) is 0.776. The standard InChI is InChI=1S/C12H16FNO/c1-12(8-15)6-10(7-14-12)9-2-4-11(13)5-3-9/h2-5,10,14-15H,6-8H2,1H3. The topological polar surface area (TPSA) is 32.3 Å². The molecule has 1 aromatic rings. The van der Waals surface area contributed by atoms with Gasteiger partial charge in [-0.1, -0.05) is 12.1 Å². The lowest BCUT2D eigenvalue weighted by molar-refractivity contribution is 0.191. The Hall–Kier alpha value is -0.930. The van der Waals surface area contributed by atoms with E-state index in [1.807, 2.05) is 19.1 Å². The van der Waals surface area contributed by atoms with Gasteiger partial charge >= 0.3 is 0 Å². The highest BCUT2D eigenvalue weighted by molar-refractivity contribution is 5.23. The molecular weight excluding hydrogens is 193 g/mol. The molecule has 1 fully saturated rings. The number of aliphatic hydroxyl groups is 1. The summed E-state index contributed by atoms with van der Waals surface area (Å²) in [6, 6.07) is 6.63. The first-order valence-electron chi connectivity index (χ1n) is 5.24. The zero-order valence-corrected chi connectivity index (χ0v) is 8.83. The molecule has 0 aromatic heterocycles. The molecule has 15 heavy (non-hydrogen) atoms. The van der Waals surface area contributed by atoms with Crippen LogP contribution in [-0.2, 0) is 0 Å². The van der Waals surface area contributed by atoms with Crippen LogP contribution in [0.5, 0.6) is 0 Å². The molecule has 1 aliphatic rings. The van der Waals surface area contributed by atoms with Crippen molar-refractivity contribution in [2.24, 2.45) is 0 Å². The van der Waals surface area contributed by atoms with Gasteiger partial charge in [0, 0.05) is 12.1 Å². The van der Waals surface area contributed by atoms with Crippen LogP contribution in [0.3, 0.4) is 0 Å². The maximum absolute atomic E-state index is 12.7. The van der Waals surface area contributed by atoms with Gasteiger partial charge in [-0.25, -0.2) is 4.39 Å². The fourth-order valence-electron chi connectivity index (χ4n) is 2.15. The molecule has 2 N–H and O–H groups in total. The average Bonchev–Trinajstić information content (AvgIpc) is 2.63. The van der Waals surface area contributed by atoms with Crippen molar-refractivity contribution in [3.05, 3.63) is 35.6 Å². The Morgan fingerprint density at radius 1 is 1.47 bits per heavy atom. The Kier molecular flexibility index (Phi) is 2.76. The first-order chi connectivity index (χ1) is 7.13. The molecule has 1 heterocycles. The molecule has 1 aromatic carbocycles. The van der Waals surface area contributed by atoms with E-state index in [4.69, 9.17) is 0 Å². The summed E-state index contributed by atoms with van der Waals surface area (Å²) in [7, 11) is 0. The van der Waals surface area contributed by atoms with Crippen LogP contribution in [0.25, 0.3) is 0 Å². The summed E-state index contributed by atoms with van der Waals surface area (Å²) in [5, 5.41) is 12.5. The monoisotopic (exact) mass is 209 g/mol. The smallest absolute Gasteiger partial charge is 0.123 e. The zero-order chi connectivity index (χ0) is 10.9. The van der Waals surface area contributed by atoms with Crippen LogP contribution >= 0.6 is 0 Å². The van der Waals surface area contributed by atoms with Crippen molar-refractivity contribution in [3.63, 3.8) is 0 Å². The highest BCUT2D eigenvalue weighted by atomic mass is 19.1. The molecule has 0 radical (unpaired) electrons. The molecule has 0 aliphatic carbocycles. The molecule has 1 saturated heterocycles. The van der Waals surface area contributed by atoms with Gasteiger partial charge in [0.05, 0.1) is 6.61 Å². The summed E-state index contributed by atoms with van der Waals surface area (Å²) < 4.78 is 12.7. The number of nitrogens with one attached hydrogen (secondary N) is 1. The van der Waals surface area contributed by atoms with Crippen LogP contribution in [0, 0.1) is 5.82 Å². The lowest BCUT2D eigenvalue weighted by Crippen LogP contribution is -2.39. The van der Waals surface area contributed by atoms with E-state index in [9.17, 15) is 9.50 Å². The van der Waals surface area contributed by atoms with Gasteiger partial charge in [-0.05, 0) is 37.0 Å². The highest BCUT2D eigenvalue weighted by Crippen LogP contribution is 2.31. The number of hydrogen-bond donors (Lipinski definition) is 2. The molecule has 2 unspecified atom stereocenters. The van der Waals surface area contributed by atoms with E-state index < -0.39 is 0 Å². The summed E-state index contributed by atoms with van der Waals surface area (Å²) in [5.41, 5.74) is 0.958. The van der Waals surface area contributed by atoms with Gasteiger partial charge in [-0.2, -0.15) is 0 Å². The first kappa shape index (κ1) is 10.6. The Morgan fingerprint density at radius 3 is 2.67 bits per heavy atom. The van der Waals surface area contributed by atoms with Crippen LogP contribution < -0.4 is 5.32 Å². The van der Waals surface area contributed by atoms with Crippen molar-refractivity contribution in [1.29, 1.82) is 0 Å². The van der Waals surface area contributed by atoms with Gasteiger partial charge in [0.2, 0.25) is 0 Å². The second-order valence-corrected chi connectivity index (χ2v) is 4.55. The molecular formula is C12H16FNO. The number of hydrogen-bond acceptors (Lipinski definition) is 2. The van der Waals surface area contributed by atoms with Crippen LogP contribution in [0.4, 0.5) is 4.39 Å². The summed E-state index contributed by atoms with van der Waals surface area (Å²) >= 11 is 0. The maximum atomic E-state index is 12.7. The fraction of sp³-hybridized carbons (Fsp3) is 0.500. The van der Waals surface area contributed by atoms with Gasteiger partial charge in [0.1, 0.15) is 5.82 Å². The highest BCUT2D eigenvalue weighted by Gasteiger charge is 2.34. The van der Waals surface area contributed by atoms with Gasteiger partial charge < -0.3 is 10.4 Å². The Morgan fingerprint density at radius 2 is 2.13 bits per heavy atom. The van der Waals surface area contributed by atoms with Crippen LogP contribution in [0.15, 0.2) is 24.3 Å². The van der Waals surface area contributed by atoms with Gasteiger partial charge in [-0.3, -0.25) is 0 Å². The van der Waals surface area contributed by atoms with E-state index in [2.05, 4.69) is 5.32 Å². The van der Waals surface area contributed by atoms with E-state index in [-0.39, 0.29) is 18.0 Å². The van der Waals surface area contributed by atoms with Crippen molar-refractivity contribution in [3.8, 4) is 0 Å². The van der Waals surface area contributed by atoms with Gasteiger partial charge in [-0.15, -0.1) is 0 Å². The third kappa shape index (κ3) is 2.19. The van der Waals surface area contributed by atoms with Crippen molar-refractivity contribution < 1.29 is 9.50 Å². The normalized spacial score (nSPS) is 30.7. The third-order valence-corrected chi connectivity index (χ3v) is 3.16. The molecule has 0 spiro atoms. The van der Waals surface area contributed by atoms with Gasteiger partial charge in [0.25, 0.3) is 0 Å². The van der Waals surface area contributed by atoms with Gasteiger partial charge in [0.15, 0.2) is 0 Å². The maximum Gasteiger partial charge on any atom is 0.123 e. The summed E-state index contributed by atoms with van der Waals surface area (Å²) in [6.07, 6.45) is 0.898. The molecule has 1 aliphatic heterocycles. The predicted molar refractivity (Wildman–Crippen MR) is 57.3 cm³/mol. The second kappa shape index (κ2) is 3.91. The van der Waals surface area contributed by atoms with Crippen molar-refractivity contribution in [2.45, 2.75) is 24.8 Å². The molecule has 0 amide bonds. The largest absolute Gasteiger partial charge is 0.394 e. The van der Waals surface area contributed by atoms with Crippen LogP contribution in [0.2, 0.25) is 0 Å². The zero-order valence-electron chi connectivity index (χ0n) is 8.83.